The normalized spacial score (nSPS) is 27.2. The zero-order valence-electron chi connectivity index (χ0n) is 13.3. The van der Waals surface area contributed by atoms with Crippen LogP contribution in [0.2, 0.25) is 0 Å². The summed E-state index contributed by atoms with van der Waals surface area (Å²) >= 11 is 0. The molecule has 1 N–H and O–H groups in total. The van der Waals surface area contributed by atoms with Crippen molar-refractivity contribution in [3.05, 3.63) is 29.6 Å². The molecule has 0 aliphatic carbocycles. The number of hydrogen-bond acceptors (Lipinski definition) is 5. The number of nitrogens with zero attached hydrogens (tertiary/aromatic N) is 2. The predicted octanol–water partition coefficient (Wildman–Crippen LogP) is 0.0278. The van der Waals surface area contributed by atoms with Crippen LogP contribution < -0.4 is 4.72 Å². The van der Waals surface area contributed by atoms with Crippen LogP contribution in [-0.2, 0) is 14.8 Å². The van der Waals surface area contributed by atoms with Crippen molar-refractivity contribution in [1.29, 1.82) is 0 Å². The number of hydrogen-bond donors (Lipinski definition) is 1. The number of sulfonamides is 1. The molecule has 0 aromatic carbocycles. The predicted molar refractivity (Wildman–Crippen MR) is 84.5 cm³/mol. The minimum absolute atomic E-state index is 0.0642. The Bertz CT molecular complexity index is 704. The Hall–Kier alpha value is -1.51. The maximum absolute atomic E-state index is 12.6. The first-order valence-electron chi connectivity index (χ1n) is 7.53. The average Bonchev–Trinajstić information content (AvgIpc) is 3.01. The second kappa shape index (κ2) is 5.85. The number of aryl methyl sites for hydroxylation is 1. The van der Waals surface area contributed by atoms with Crippen LogP contribution in [0.3, 0.4) is 0 Å². The van der Waals surface area contributed by atoms with Gasteiger partial charge in [-0.05, 0) is 19.1 Å². The lowest BCUT2D eigenvalue weighted by Gasteiger charge is -2.27. The second-order valence-electron chi connectivity index (χ2n) is 6.54. The minimum atomic E-state index is -3.27. The van der Waals surface area contributed by atoms with Gasteiger partial charge in [0.2, 0.25) is 10.0 Å². The summed E-state index contributed by atoms with van der Waals surface area (Å²) in [7, 11) is -3.27. The highest BCUT2D eigenvalue weighted by Gasteiger charge is 2.52. The summed E-state index contributed by atoms with van der Waals surface area (Å²) in [5, 5.41) is 0. The number of likely N-dealkylation sites (tertiary alicyclic amines) is 1. The standard InChI is InChI=1S/C15H21N3O4S/c1-11-3-4-12(5-16-11)14(19)18-6-13-7-22-10-15(13,9-18)8-17-23(2,20)21/h3-5,13,17H,6-10H2,1-2H3/t13-,15+/m1/s1. The lowest BCUT2D eigenvalue weighted by molar-refractivity contribution is 0.0721. The SMILES string of the molecule is Cc1ccc(C(=O)N2C[C@@H]3COC[C@]3(CNS(C)(=O)=O)C2)cn1. The average molecular weight is 339 g/mol. The molecule has 3 rings (SSSR count). The Balaban J connectivity index is 1.75. The maximum atomic E-state index is 12.6. The number of fused-ring (bicyclic) bond motifs is 1. The zero-order valence-corrected chi connectivity index (χ0v) is 14.1. The van der Waals surface area contributed by atoms with Crippen LogP contribution in [-0.4, -0.2) is 63.3 Å². The molecule has 0 spiro atoms. The first-order valence-corrected chi connectivity index (χ1v) is 9.43. The fraction of sp³-hybridized carbons (Fsp3) is 0.600. The lowest BCUT2D eigenvalue weighted by Crippen LogP contribution is -2.43. The van der Waals surface area contributed by atoms with Crippen LogP contribution in [0.5, 0.6) is 0 Å². The zero-order chi connectivity index (χ0) is 16.7. The molecular formula is C15H21N3O4S. The van der Waals surface area contributed by atoms with Crippen LogP contribution in [0.4, 0.5) is 0 Å². The summed E-state index contributed by atoms with van der Waals surface area (Å²) in [6, 6.07) is 3.59. The van der Waals surface area contributed by atoms with Crippen molar-refractivity contribution < 1.29 is 17.9 Å². The van der Waals surface area contributed by atoms with Gasteiger partial charge in [0.05, 0.1) is 25.0 Å². The molecule has 8 heteroatoms. The van der Waals surface area contributed by atoms with Crippen LogP contribution >= 0.6 is 0 Å². The third kappa shape index (κ3) is 3.39. The number of pyridine rings is 1. The molecule has 2 aliphatic rings. The third-order valence-electron chi connectivity index (χ3n) is 4.65. The van der Waals surface area contributed by atoms with E-state index in [1.807, 2.05) is 13.0 Å². The van der Waals surface area contributed by atoms with Crippen LogP contribution in [0, 0.1) is 18.3 Å². The quantitative estimate of drug-likeness (QED) is 0.836. The molecule has 0 radical (unpaired) electrons. The molecule has 0 saturated carbocycles. The first kappa shape index (κ1) is 16.4. The van der Waals surface area contributed by atoms with Gasteiger partial charge in [0.1, 0.15) is 0 Å². The summed E-state index contributed by atoms with van der Waals surface area (Å²) in [6.45, 7) is 4.27. The maximum Gasteiger partial charge on any atom is 0.255 e. The second-order valence-corrected chi connectivity index (χ2v) is 8.37. The van der Waals surface area contributed by atoms with Crippen LogP contribution in [0.15, 0.2) is 18.3 Å². The smallest absolute Gasteiger partial charge is 0.255 e. The van der Waals surface area contributed by atoms with Gasteiger partial charge in [-0.25, -0.2) is 13.1 Å². The van der Waals surface area contributed by atoms with Gasteiger partial charge in [-0.1, -0.05) is 0 Å². The van der Waals surface area contributed by atoms with Crippen molar-refractivity contribution in [2.75, 3.05) is 39.1 Å². The van der Waals surface area contributed by atoms with Gasteiger partial charge < -0.3 is 9.64 Å². The van der Waals surface area contributed by atoms with E-state index >= 15 is 0 Å². The van der Waals surface area contributed by atoms with Crippen molar-refractivity contribution in [2.24, 2.45) is 11.3 Å². The molecule has 23 heavy (non-hydrogen) atoms. The summed E-state index contributed by atoms with van der Waals surface area (Å²) < 4.78 is 30.9. The van der Waals surface area contributed by atoms with Gasteiger partial charge in [-0.15, -0.1) is 0 Å². The first-order chi connectivity index (χ1) is 10.8. The fourth-order valence-corrected chi connectivity index (χ4v) is 3.84. The molecular weight excluding hydrogens is 318 g/mol. The minimum Gasteiger partial charge on any atom is -0.380 e. The molecule has 7 nitrogen and oxygen atoms in total. The highest BCUT2D eigenvalue weighted by atomic mass is 32.2. The number of nitrogens with one attached hydrogen (secondary N) is 1. The number of ether oxygens (including phenoxy) is 1. The van der Waals surface area contributed by atoms with Gasteiger partial charge in [0, 0.05) is 42.9 Å². The lowest BCUT2D eigenvalue weighted by atomic mass is 9.81. The number of amides is 1. The molecule has 2 aliphatic heterocycles. The van der Waals surface area contributed by atoms with E-state index in [4.69, 9.17) is 4.74 Å². The Morgan fingerprint density at radius 2 is 2.30 bits per heavy atom. The summed E-state index contributed by atoms with van der Waals surface area (Å²) in [6.07, 6.45) is 2.73. The molecule has 1 aromatic heterocycles. The van der Waals surface area contributed by atoms with Gasteiger partial charge in [-0.2, -0.15) is 0 Å². The van der Waals surface area contributed by atoms with Gasteiger partial charge >= 0.3 is 0 Å². The number of rotatable bonds is 4. The largest absolute Gasteiger partial charge is 0.380 e. The van der Waals surface area contributed by atoms with E-state index in [1.54, 1.807) is 17.2 Å². The van der Waals surface area contributed by atoms with E-state index in [-0.39, 0.29) is 17.2 Å². The molecule has 2 fully saturated rings. The Morgan fingerprint density at radius 1 is 1.52 bits per heavy atom. The van der Waals surface area contributed by atoms with E-state index in [9.17, 15) is 13.2 Å². The monoisotopic (exact) mass is 339 g/mol. The molecule has 2 saturated heterocycles. The molecule has 3 heterocycles. The third-order valence-corrected chi connectivity index (χ3v) is 5.32. The Morgan fingerprint density at radius 3 is 2.96 bits per heavy atom. The van der Waals surface area contributed by atoms with E-state index < -0.39 is 10.0 Å². The van der Waals surface area contributed by atoms with E-state index in [0.717, 1.165) is 11.9 Å². The van der Waals surface area contributed by atoms with Gasteiger partial charge in [0.25, 0.3) is 5.91 Å². The summed E-state index contributed by atoms with van der Waals surface area (Å²) in [5.74, 6) is 0.0877. The highest BCUT2D eigenvalue weighted by molar-refractivity contribution is 7.88. The molecule has 0 bridgehead atoms. The topological polar surface area (TPSA) is 88.6 Å². The van der Waals surface area contributed by atoms with Crippen molar-refractivity contribution in [3.8, 4) is 0 Å². The molecule has 2 atom stereocenters. The van der Waals surface area contributed by atoms with Crippen molar-refractivity contribution in [3.63, 3.8) is 0 Å². The van der Waals surface area contributed by atoms with Crippen molar-refractivity contribution >= 4 is 15.9 Å². The van der Waals surface area contributed by atoms with Gasteiger partial charge in [-0.3, -0.25) is 9.78 Å². The van der Waals surface area contributed by atoms with Crippen molar-refractivity contribution in [2.45, 2.75) is 6.92 Å². The number of aromatic nitrogens is 1. The fourth-order valence-electron chi connectivity index (χ4n) is 3.29. The van der Waals surface area contributed by atoms with Gasteiger partial charge in [0.15, 0.2) is 0 Å². The van der Waals surface area contributed by atoms with Crippen molar-refractivity contribution in [1.82, 2.24) is 14.6 Å². The van der Waals surface area contributed by atoms with E-state index in [1.165, 1.54) is 0 Å². The molecule has 0 unspecified atom stereocenters. The Kier molecular flexibility index (Phi) is 4.16. The number of carbonyl (C=O) groups excluding carboxylic acids is 1. The number of carbonyl (C=O) groups is 1. The molecule has 1 aromatic rings. The van der Waals surface area contributed by atoms with E-state index in [2.05, 4.69) is 9.71 Å². The van der Waals surface area contributed by atoms with Crippen LogP contribution in [0.1, 0.15) is 16.1 Å². The summed E-state index contributed by atoms with van der Waals surface area (Å²) in [5.41, 5.74) is 1.08. The van der Waals surface area contributed by atoms with Crippen LogP contribution in [0.25, 0.3) is 0 Å². The highest BCUT2D eigenvalue weighted by Crippen LogP contribution is 2.41. The molecule has 126 valence electrons. The molecule has 1 amide bonds. The Labute approximate surface area is 136 Å². The summed E-state index contributed by atoms with van der Waals surface area (Å²) in [4.78, 5) is 18.6. The van der Waals surface area contributed by atoms with E-state index in [0.29, 0.717) is 38.4 Å².